The van der Waals surface area contributed by atoms with E-state index in [0.29, 0.717) is 12.1 Å². The van der Waals surface area contributed by atoms with Crippen LogP contribution in [-0.4, -0.2) is 14.3 Å². The highest BCUT2D eigenvalue weighted by Gasteiger charge is 2.13. The van der Waals surface area contributed by atoms with Crippen molar-refractivity contribution in [1.82, 2.24) is 4.72 Å². The highest BCUT2D eigenvalue weighted by molar-refractivity contribution is 7.89. The summed E-state index contributed by atoms with van der Waals surface area (Å²) in [5.74, 6) is -0.561. The van der Waals surface area contributed by atoms with Gasteiger partial charge in [0.05, 0.1) is 4.90 Å². The number of anilines is 1. The lowest BCUT2D eigenvalue weighted by atomic mass is 10.1. The minimum atomic E-state index is -3.61. The quantitative estimate of drug-likeness (QED) is 0.590. The van der Waals surface area contributed by atoms with Gasteiger partial charge in [-0.2, -0.15) is 0 Å². The van der Waals surface area contributed by atoms with Gasteiger partial charge in [-0.05, 0) is 53.9 Å². The summed E-state index contributed by atoms with van der Waals surface area (Å²) < 4.78 is 40.3. The highest BCUT2D eigenvalue weighted by Crippen LogP contribution is 2.14. The Morgan fingerprint density at radius 3 is 2.14 bits per heavy atom. The molecule has 0 fully saturated rings. The second-order valence-electron chi connectivity index (χ2n) is 6.51. The molecule has 0 aliphatic rings. The van der Waals surface area contributed by atoms with E-state index in [0.717, 1.165) is 11.1 Å². The van der Waals surface area contributed by atoms with E-state index in [4.69, 9.17) is 0 Å². The highest BCUT2D eigenvalue weighted by atomic mass is 32.2. The van der Waals surface area contributed by atoms with Gasteiger partial charge in [0.1, 0.15) is 5.82 Å². The third-order valence-electron chi connectivity index (χ3n) is 4.31. The van der Waals surface area contributed by atoms with Crippen LogP contribution in [0.3, 0.4) is 0 Å². The van der Waals surface area contributed by atoms with Gasteiger partial charge in [0.2, 0.25) is 15.9 Å². The largest absolute Gasteiger partial charge is 0.326 e. The van der Waals surface area contributed by atoms with Crippen LogP contribution in [0.1, 0.15) is 17.5 Å². The van der Waals surface area contributed by atoms with Gasteiger partial charge in [0.15, 0.2) is 0 Å². The number of sulfonamides is 1. The van der Waals surface area contributed by atoms with E-state index < -0.39 is 10.0 Å². The normalized spacial score (nSPS) is 11.2. The Labute approximate surface area is 169 Å². The van der Waals surface area contributed by atoms with Crippen molar-refractivity contribution in [2.45, 2.75) is 24.3 Å². The summed E-state index contributed by atoms with van der Waals surface area (Å²) in [6.45, 7) is 0.217. The number of carbonyl (C=O) groups is 1. The van der Waals surface area contributed by atoms with E-state index >= 15 is 0 Å². The van der Waals surface area contributed by atoms with E-state index in [1.807, 2.05) is 30.3 Å². The number of amides is 1. The van der Waals surface area contributed by atoms with E-state index in [9.17, 15) is 17.6 Å². The fraction of sp³-hybridized carbons (Fsp3) is 0.136. The zero-order valence-electron chi connectivity index (χ0n) is 15.6. The second kappa shape index (κ2) is 9.45. The smallest absolute Gasteiger partial charge is 0.240 e. The van der Waals surface area contributed by atoms with E-state index in [2.05, 4.69) is 10.0 Å². The summed E-state index contributed by atoms with van der Waals surface area (Å²) in [4.78, 5) is 12.2. The molecule has 0 saturated heterocycles. The molecule has 1 amide bonds. The van der Waals surface area contributed by atoms with Gasteiger partial charge in [-0.3, -0.25) is 4.79 Å². The molecule has 2 N–H and O–H groups in total. The predicted molar refractivity (Wildman–Crippen MR) is 110 cm³/mol. The van der Waals surface area contributed by atoms with Crippen LogP contribution in [0.15, 0.2) is 83.8 Å². The summed E-state index contributed by atoms with van der Waals surface area (Å²) in [7, 11) is -3.61. The first kappa shape index (κ1) is 20.7. The lowest BCUT2D eigenvalue weighted by molar-refractivity contribution is -0.116. The molecule has 0 unspecified atom stereocenters. The zero-order valence-corrected chi connectivity index (χ0v) is 16.5. The van der Waals surface area contributed by atoms with Crippen LogP contribution in [0.2, 0.25) is 0 Å². The lowest BCUT2D eigenvalue weighted by Gasteiger charge is -2.08. The fourth-order valence-electron chi connectivity index (χ4n) is 2.71. The number of nitrogens with one attached hydrogen (secondary N) is 2. The molecular formula is C22H21FN2O3S. The van der Waals surface area contributed by atoms with Gasteiger partial charge in [-0.1, -0.05) is 42.5 Å². The maximum Gasteiger partial charge on any atom is 0.240 e. The van der Waals surface area contributed by atoms with Crippen LogP contribution < -0.4 is 10.0 Å². The lowest BCUT2D eigenvalue weighted by Crippen LogP contribution is -2.23. The Hall–Kier alpha value is -3.03. The van der Waals surface area contributed by atoms with E-state index in [-0.39, 0.29) is 29.6 Å². The Morgan fingerprint density at radius 2 is 1.48 bits per heavy atom. The van der Waals surface area contributed by atoms with Crippen LogP contribution in [0.4, 0.5) is 10.1 Å². The molecule has 0 aliphatic heterocycles. The molecule has 0 atom stereocenters. The number of benzene rings is 3. The van der Waals surface area contributed by atoms with Crippen LogP contribution in [-0.2, 0) is 27.8 Å². The minimum absolute atomic E-state index is 0.174. The maximum absolute atomic E-state index is 12.9. The average molecular weight is 412 g/mol. The summed E-state index contributed by atoms with van der Waals surface area (Å²) >= 11 is 0. The molecule has 5 nitrogen and oxygen atoms in total. The van der Waals surface area contributed by atoms with Crippen LogP contribution in [0, 0.1) is 5.82 Å². The number of rotatable bonds is 8. The van der Waals surface area contributed by atoms with Crippen molar-refractivity contribution in [1.29, 1.82) is 0 Å². The summed E-state index contributed by atoms with van der Waals surface area (Å²) in [5.41, 5.74) is 2.25. The van der Waals surface area contributed by atoms with Gasteiger partial charge < -0.3 is 5.32 Å². The Morgan fingerprint density at radius 1 is 0.828 bits per heavy atom. The fourth-order valence-corrected chi connectivity index (χ4v) is 3.73. The van der Waals surface area contributed by atoms with Crippen molar-refractivity contribution in [2.24, 2.45) is 0 Å². The van der Waals surface area contributed by atoms with E-state index in [1.165, 1.54) is 36.4 Å². The predicted octanol–water partition coefficient (Wildman–Crippen LogP) is 3.88. The molecule has 3 aromatic rings. The van der Waals surface area contributed by atoms with Gasteiger partial charge in [0.25, 0.3) is 0 Å². The van der Waals surface area contributed by atoms with Crippen molar-refractivity contribution < 1.29 is 17.6 Å². The first-order valence-corrected chi connectivity index (χ1v) is 10.6. The van der Waals surface area contributed by atoms with Crippen molar-refractivity contribution in [2.75, 3.05) is 5.32 Å². The molecule has 150 valence electrons. The molecule has 0 aliphatic carbocycles. The monoisotopic (exact) mass is 412 g/mol. The third kappa shape index (κ3) is 6.23. The Kier molecular flexibility index (Phi) is 6.74. The SMILES string of the molecule is O=C(CCc1ccc(S(=O)(=O)NCc2ccccc2)cc1)Nc1ccc(F)cc1. The Balaban J connectivity index is 1.52. The van der Waals surface area contributed by atoms with Crippen LogP contribution in [0.5, 0.6) is 0 Å². The first-order valence-electron chi connectivity index (χ1n) is 9.10. The molecule has 3 rings (SSSR count). The molecule has 0 spiro atoms. The van der Waals surface area contributed by atoms with Crippen molar-refractivity contribution >= 4 is 21.6 Å². The van der Waals surface area contributed by atoms with Crippen molar-refractivity contribution in [3.63, 3.8) is 0 Å². The molecular weight excluding hydrogens is 391 g/mol. The van der Waals surface area contributed by atoms with Gasteiger partial charge in [-0.15, -0.1) is 0 Å². The molecule has 0 bridgehead atoms. The number of hydrogen-bond acceptors (Lipinski definition) is 3. The van der Waals surface area contributed by atoms with Crippen LogP contribution in [0.25, 0.3) is 0 Å². The van der Waals surface area contributed by atoms with Crippen LogP contribution >= 0.6 is 0 Å². The van der Waals surface area contributed by atoms with Gasteiger partial charge >= 0.3 is 0 Å². The number of hydrogen-bond donors (Lipinski definition) is 2. The minimum Gasteiger partial charge on any atom is -0.326 e. The average Bonchev–Trinajstić information content (AvgIpc) is 2.74. The molecule has 0 radical (unpaired) electrons. The first-order chi connectivity index (χ1) is 13.9. The van der Waals surface area contributed by atoms with Crippen molar-refractivity contribution in [3.05, 3.63) is 95.8 Å². The standard InChI is InChI=1S/C22H21FN2O3S/c23-19-9-11-20(12-10-19)25-22(26)15-8-17-6-13-21(14-7-17)29(27,28)24-16-18-4-2-1-3-5-18/h1-7,9-14,24H,8,15-16H2,(H,25,26). The molecule has 3 aromatic carbocycles. The summed E-state index contributed by atoms with van der Waals surface area (Å²) in [6.07, 6.45) is 0.695. The molecule has 0 heterocycles. The van der Waals surface area contributed by atoms with Gasteiger partial charge in [0, 0.05) is 18.7 Å². The Bertz CT molecular complexity index is 1050. The summed E-state index contributed by atoms with van der Waals surface area (Å²) in [6, 6.07) is 21.3. The van der Waals surface area contributed by atoms with Crippen molar-refractivity contribution in [3.8, 4) is 0 Å². The molecule has 29 heavy (non-hydrogen) atoms. The summed E-state index contributed by atoms with van der Waals surface area (Å²) in [5, 5.41) is 2.70. The second-order valence-corrected chi connectivity index (χ2v) is 8.28. The topological polar surface area (TPSA) is 75.3 Å². The number of aryl methyl sites for hydroxylation is 1. The number of halogens is 1. The maximum atomic E-state index is 12.9. The molecule has 7 heteroatoms. The third-order valence-corrected chi connectivity index (χ3v) is 5.73. The molecule has 0 aromatic heterocycles. The zero-order chi connectivity index (χ0) is 20.7. The van der Waals surface area contributed by atoms with Gasteiger partial charge in [-0.25, -0.2) is 17.5 Å². The number of carbonyl (C=O) groups excluding carboxylic acids is 1. The van der Waals surface area contributed by atoms with E-state index in [1.54, 1.807) is 12.1 Å². The molecule has 0 saturated carbocycles.